The summed E-state index contributed by atoms with van der Waals surface area (Å²) in [5.74, 6) is 0.343. The molecule has 0 amide bonds. The van der Waals surface area contributed by atoms with Gasteiger partial charge in [0.1, 0.15) is 31.3 Å². The summed E-state index contributed by atoms with van der Waals surface area (Å²) in [4.78, 5) is 12.5. The molecule has 1 saturated heterocycles. The van der Waals surface area contributed by atoms with Crippen molar-refractivity contribution in [1.29, 1.82) is 0 Å². The fourth-order valence-corrected chi connectivity index (χ4v) is 2.92. The van der Waals surface area contributed by atoms with Crippen molar-refractivity contribution in [2.24, 2.45) is 0 Å². The number of nitrogens with one attached hydrogen (secondary N) is 1. The average Bonchev–Trinajstić information content (AvgIpc) is 3.19. The fourth-order valence-electron chi connectivity index (χ4n) is 2.92. The molecule has 0 aromatic carbocycles. The Kier molecular flexibility index (Phi) is 5.94. The minimum atomic E-state index is -1.17. The molecule has 2 aromatic rings. The largest absolute Gasteiger partial charge is 0.387 e. The number of aromatic nitrogens is 4. The quantitative estimate of drug-likeness (QED) is 0.563. The van der Waals surface area contributed by atoms with E-state index in [1.54, 1.807) is 0 Å². The third kappa shape index (κ3) is 3.48. The normalized spacial score (nSPS) is 27.1. The van der Waals surface area contributed by atoms with Gasteiger partial charge in [0.25, 0.3) is 0 Å². The van der Waals surface area contributed by atoms with Crippen LogP contribution in [0.25, 0.3) is 11.2 Å². The van der Waals surface area contributed by atoms with Gasteiger partial charge in [0.05, 0.1) is 25.6 Å². The lowest BCUT2D eigenvalue weighted by Crippen LogP contribution is -2.33. The molecule has 3 N–H and O–H groups in total. The SMILES string of the molecule is COC[C@@H](CF)Nc1ncnc2c1ncn2[C@@H]1O[C@H](COC)[C@@H](O)[C@H]1O. The standard InChI is InChI=1S/C15H22FN5O5/c1-24-4-8(3-16)20-13-10-14(18-6-17-13)21(7-19-10)15-12(23)11(22)9(26-15)5-25-2/h6-9,11-12,15,22-23H,3-5H2,1-2H3,(H,17,18,20)/t8-,9-,11-,12-,15-/m1/s1. The maximum atomic E-state index is 13.1. The van der Waals surface area contributed by atoms with Gasteiger partial charge in [-0.2, -0.15) is 0 Å². The summed E-state index contributed by atoms with van der Waals surface area (Å²) in [5, 5.41) is 23.3. The lowest BCUT2D eigenvalue weighted by Gasteiger charge is -2.17. The summed E-state index contributed by atoms with van der Waals surface area (Å²) in [5.41, 5.74) is 0.773. The van der Waals surface area contributed by atoms with Crippen molar-refractivity contribution in [1.82, 2.24) is 19.5 Å². The van der Waals surface area contributed by atoms with Crippen molar-refractivity contribution in [2.45, 2.75) is 30.6 Å². The predicted molar refractivity (Wildman–Crippen MR) is 88.4 cm³/mol. The molecule has 1 aliphatic heterocycles. The van der Waals surface area contributed by atoms with E-state index in [0.717, 1.165) is 0 Å². The number of ether oxygens (including phenoxy) is 3. The lowest BCUT2D eigenvalue weighted by atomic mass is 10.1. The Balaban J connectivity index is 1.89. The zero-order valence-electron chi connectivity index (χ0n) is 14.4. The van der Waals surface area contributed by atoms with Crippen LogP contribution in [0, 0.1) is 0 Å². The summed E-state index contributed by atoms with van der Waals surface area (Å²) < 4.78 is 30.2. The van der Waals surface area contributed by atoms with Crippen LogP contribution in [-0.2, 0) is 14.2 Å². The summed E-state index contributed by atoms with van der Waals surface area (Å²) >= 11 is 0. The lowest BCUT2D eigenvalue weighted by molar-refractivity contribution is -0.0580. The van der Waals surface area contributed by atoms with Crippen LogP contribution in [0.2, 0.25) is 0 Å². The molecule has 144 valence electrons. The van der Waals surface area contributed by atoms with Crippen molar-refractivity contribution in [3.8, 4) is 0 Å². The summed E-state index contributed by atoms with van der Waals surface area (Å²) in [6, 6.07) is -0.579. The van der Waals surface area contributed by atoms with Gasteiger partial charge in [-0.25, -0.2) is 19.3 Å². The van der Waals surface area contributed by atoms with Crippen LogP contribution >= 0.6 is 0 Å². The molecule has 26 heavy (non-hydrogen) atoms. The third-order valence-corrected chi connectivity index (χ3v) is 4.20. The molecule has 10 nitrogen and oxygen atoms in total. The monoisotopic (exact) mass is 371 g/mol. The first-order chi connectivity index (χ1) is 12.6. The first-order valence-corrected chi connectivity index (χ1v) is 8.10. The van der Waals surface area contributed by atoms with Gasteiger partial charge in [-0.15, -0.1) is 0 Å². The van der Waals surface area contributed by atoms with Gasteiger partial charge in [0.15, 0.2) is 23.2 Å². The minimum absolute atomic E-state index is 0.137. The molecular weight excluding hydrogens is 349 g/mol. The molecule has 1 fully saturated rings. The molecule has 0 spiro atoms. The highest BCUT2D eigenvalue weighted by Crippen LogP contribution is 2.32. The molecule has 3 rings (SSSR count). The molecule has 3 heterocycles. The smallest absolute Gasteiger partial charge is 0.167 e. The second kappa shape index (κ2) is 8.18. The van der Waals surface area contributed by atoms with Gasteiger partial charge in [-0.3, -0.25) is 4.57 Å². The number of halogens is 1. The molecule has 1 aliphatic rings. The van der Waals surface area contributed by atoms with Crippen molar-refractivity contribution < 1.29 is 28.8 Å². The Labute approximate surface area is 148 Å². The number of hydrogen-bond donors (Lipinski definition) is 3. The topological polar surface area (TPSA) is 124 Å². The number of methoxy groups -OCH3 is 2. The van der Waals surface area contributed by atoms with Gasteiger partial charge in [-0.1, -0.05) is 0 Å². The molecule has 11 heteroatoms. The number of imidazole rings is 1. The van der Waals surface area contributed by atoms with Crippen LogP contribution in [0.15, 0.2) is 12.7 Å². The number of nitrogens with zero attached hydrogens (tertiary/aromatic N) is 4. The molecule has 0 radical (unpaired) electrons. The predicted octanol–water partition coefficient (Wildman–Crippen LogP) is -0.512. The second-order valence-corrected chi connectivity index (χ2v) is 6.00. The van der Waals surface area contributed by atoms with E-state index in [4.69, 9.17) is 14.2 Å². The van der Waals surface area contributed by atoms with E-state index in [0.29, 0.717) is 17.0 Å². The highest BCUT2D eigenvalue weighted by molar-refractivity contribution is 5.82. The maximum Gasteiger partial charge on any atom is 0.167 e. The number of fused-ring (bicyclic) bond motifs is 1. The molecule has 2 aromatic heterocycles. The number of aliphatic hydroxyl groups excluding tert-OH is 2. The molecule has 0 unspecified atom stereocenters. The van der Waals surface area contributed by atoms with Crippen LogP contribution in [0.4, 0.5) is 10.2 Å². The summed E-state index contributed by atoms with van der Waals surface area (Å²) in [7, 11) is 2.96. The Bertz CT molecular complexity index is 732. The van der Waals surface area contributed by atoms with Crippen molar-refractivity contribution in [2.75, 3.05) is 39.4 Å². The third-order valence-electron chi connectivity index (χ3n) is 4.20. The number of hydrogen-bond acceptors (Lipinski definition) is 9. The first kappa shape index (κ1) is 18.9. The number of anilines is 1. The minimum Gasteiger partial charge on any atom is -0.387 e. The van der Waals surface area contributed by atoms with E-state index in [1.807, 2.05) is 0 Å². The fraction of sp³-hybridized carbons (Fsp3) is 0.667. The van der Waals surface area contributed by atoms with Crippen LogP contribution in [0.1, 0.15) is 6.23 Å². The van der Waals surface area contributed by atoms with Gasteiger partial charge in [0, 0.05) is 14.2 Å². The van der Waals surface area contributed by atoms with E-state index in [2.05, 4.69) is 20.3 Å². The van der Waals surface area contributed by atoms with Crippen LogP contribution < -0.4 is 5.32 Å². The van der Waals surface area contributed by atoms with E-state index in [-0.39, 0.29) is 13.2 Å². The van der Waals surface area contributed by atoms with E-state index in [1.165, 1.54) is 31.4 Å². The summed E-state index contributed by atoms with van der Waals surface area (Å²) in [6.07, 6.45) is -1.10. The molecule has 0 saturated carbocycles. The van der Waals surface area contributed by atoms with E-state index >= 15 is 0 Å². The summed E-state index contributed by atoms with van der Waals surface area (Å²) in [6.45, 7) is -0.341. The Morgan fingerprint density at radius 3 is 2.77 bits per heavy atom. The van der Waals surface area contributed by atoms with Gasteiger partial charge in [0.2, 0.25) is 0 Å². The van der Waals surface area contributed by atoms with Crippen molar-refractivity contribution in [3.63, 3.8) is 0 Å². The molecular formula is C15H22FN5O5. The van der Waals surface area contributed by atoms with Gasteiger partial charge < -0.3 is 29.7 Å². The van der Waals surface area contributed by atoms with Crippen molar-refractivity contribution >= 4 is 17.0 Å². The highest BCUT2D eigenvalue weighted by atomic mass is 19.1. The maximum absolute atomic E-state index is 13.1. The zero-order chi connectivity index (χ0) is 18.7. The number of rotatable bonds is 8. The van der Waals surface area contributed by atoms with E-state index in [9.17, 15) is 14.6 Å². The van der Waals surface area contributed by atoms with Crippen LogP contribution in [-0.4, -0.2) is 88.2 Å². The first-order valence-electron chi connectivity index (χ1n) is 8.10. The molecule has 5 atom stereocenters. The Morgan fingerprint density at radius 2 is 2.08 bits per heavy atom. The second-order valence-electron chi connectivity index (χ2n) is 6.00. The van der Waals surface area contributed by atoms with Crippen molar-refractivity contribution in [3.05, 3.63) is 12.7 Å². The van der Waals surface area contributed by atoms with Gasteiger partial charge in [-0.05, 0) is 0 Å². The zero-order valence-corrected chi connectivity index (χ0v) is 14.4. The molecule has 0 bridgehead atoms. The molecule has 0 aliphatic carbocycles. The number of alkyl halides is 1. The van der Waals surface area contributed by atoms with E-state index < -0.39 is 37.3 Å². The Hall–Kier alpha value is -1.92. The average molecular weight is 371 g/mol. The van der Waals surface area contributed by atoms with Gasteiger partial charge >= 0.3 is 0 Å². The van der Waals surface area contributed by atoms with Crippen LogP contribution in [0.3, 0.4) is 0 Å². The Morgan fingerprint density at radius 1 is 1.27 bits per heavy atom. The number of aliphatic hydroxyl groups is 2. The van der Waals surface area contributed by atoms with Crippen LogP contribution in [0.5, 0.6) is 0 Å². The highest BCUT2D eigenvalue weighted by Gasteiger charge is 2.44.